The SMILES string of the molecule is O=C(Nc1cnon1)C1CCCCC1. The molecule has 1 aromatic rings. The molecular formula is C9H13N3O2. The number of rotatable bonds is 2. The zero-order chi connectivity index (χ0) is 9.80. The molecule has 1 aromatic heterocycles. The van der Waals surface area contributed by atoms with Gasteiger partial charge in [-0.2, -0.15) is 0 Å². The van der Waals surface area contributed by atoms with Crippen LogP contribution in [0.3, 0.4) is 0 Å². The molecule has 0 spiro atoms. The third-order valence-corrected chi connectivity index (χ3v) is 2.59. The number of carbonyl (C=O) groups excluding carboxylic acids is 1. The van der Waals surface area contributed by atoms with E-state index in [2.05, 4.69) is 20.3 Å². The van der Waals surface area contributed by atoms with E-state index in [4.69, 9.17) is 0 Å². The third kappa shape index (κ3) is 2.10. The molecule has 76 valence electrons. The Kier molecular flexibility index (Phi) is 2.76. The van der Waals surface area contributed by atoms with Crippen molar-refractivity contribution in [3.63, 3.8) is 0 Å². The Hall–Kier alpha value is -1.39. The standard InChI is InChI=1S/C9H13N3O2/c13-9(7-4-2-1-3-5-7)11-8-6-10-14-12-8/h6-7H,1-5H2,(H,11,12,13). The molecule has 1 fully saturated rings. The lowest BCUT2D eigenvalue weighted by Gasteiger charge is -2.19. The van der Waals surface area contributed by atoms with Crippen LogP contribution in [0.2, 0.25) is 0 Å². The minimum atomic E-state index is 0.0420. The van der Waals surface area contributed by atoms with Crippen molar-refractivity contribution in [3.8, 4) is 0 Å². The summed E-state index contributed by atoms with van der Waals surface area (Å²) in [4.78, 5) is 11.6. The number of hydrogen-bond donors (Lipinski definition) is 1. The van der Waals surface area contributed by atoms with Gasteiger partial charge in [-0.3, -0.25) is 4.79 Å². The molecule has 1 amide bonds. The first-order valence-electron chi connectivity index (χ1n) is 4.94. The van der Waals surface area contributed by atoms with Gasteiger partial charge in [0.1, 0.15) is 6.20 Å². The Balaban J connectivity index is 1.88. The van der Waals surface area contributed by atoms with Crippen LogP contribution in [0.4, 0.5) is 5.82 Å². The van der Waals surface area contributed by atoms with E-state index in [1.165, 1.54) is 12.6 Å². The van der Waals surface area contributed by atoms with Crippen LogP contribution in [0.5, 0.6) is 0 Å². The summed E-state index contributed by atoms with van der Waals surface area (Å²) in [7, 11) is 0. The summed E-state index contributed by atoms with van der Waals surface area (Å²) in [6.07, 6.45) is 6.91. The van der Waals surface area contributed by atoms with Crippen LogP contribution in [-0.4, -0.2) is 16.2 Å². The lowest BCUT2D eigenvalue weighted by Crippen LogP contribution is -2.24. The van der Waals surface area contributed by atoms with E-state index in [0.29, 0.717) is 5.82 Å². The van der Waals surface area contributed by atoms with Crippen LogP contribution < -0.4 is 5.32 Å². The van der Waals surface area contributed by atoms with Crippen molar-refractivity contribution < 1.29 is 9.42 Å². The molecule has 1 N–H and O–H groups in total. The van der Waals surface area contributed by atoms with E-state index >= 15 is 0 Å². The van der Waals surface area contributed by atoms with Gasteiger partial charge >= 0.3 is 0 Å². The normalized spacial score (nSPS) is 18.0. The van der Waals surface area contributed by atoms with Crippen molar-refractivity contribution in [2.75, 3.05) is 5.32 Å². The van der Waals surface area contributed by atoms with Gasteiger partial charge in [0.2, 0.25) is 5.91 Å². The molecule has 5 nitrogen and oxygen atoms in total. The van der Waals surface area contributed by atoms with Crippen molar-refractivity contribution in [1.82, 2.24) is 10.3 Å². The highest BCUT2D eigenvalue weighted by molar-refractivity contribution is 5.91. The Labute approximate surface area is 81.8 Å². The van der Waals surface area contributed by atoms with Crippen molar-refractivity contribution in [2.24, 2.45) is 5.92 Å². The van der Waals surface area contributed by atoms with E-state index in [9.17, 15) is 4.79 Å². The van der Waals surface area contributed by atoms with E-state index in [1.54, 1.807) is 0 Å². The minimum Gasteiger partial charge on any atom is -0.306 e. The molecule has 0 atom stereocenters. The van der Waals surface area contributed by atoms with E-state index < -0.39 is 0 Å². The second kappa shape index (κ2) is 4.21. The van der Waals surface area contributed by atoms with Gasteiger partial charge in [0.15, 0.2) is 5.82 Å². The molecule has 2 rings (SSSR count). The maximum atomic E-state index is 11.6. The molecule has 0 aliphatic heterocycles. The second-order valence-electron chi connectivity index (χ2n) is 3.62. The van der Waals surface area contributed by atoms with Crippen LogP contribution in [0.15, 0.2) is 10.8 Å². The first kappa shape index (κ1) is 9.18. The molecule has 1 saturated carbocycles. The van der Waals surface area contributed by atoms with Crippen LogP contribution in [0.25, 0.3) is 0 Å². The van der Waals surface area contributed by atoms with Crippen molar-refractivity contribution in [1.29, 1.82) is 0 Å². The molecule has 0 saturated heterocycles. The number of amides is 1. The quantitative estimate of drug-likeness (QED) is 0.778. The highest BCUT2D eigenvalue weighted by Crippen LogP contribution is 2.24. The smallest absolute Gasteiger partial charge is 0.228 e. The van der Waals surface area contributed by atoms with Gasteiger partial charge in [-0.15, -0.1) is 0 Å². The summed E-state index contributed by atoms with van der Waals surface area (Å²) in [5.74, 6) is 0.585. The number of carbonyl (C=O) groups is 1. The average Bonchev–Trinajstić information content (AvgIpc) is 2.72. The molecule has 14 heavy (non-hydrogen) atoms. The summed E-state index contributed by atoms with van der Waals surface area (Å²) in [5, 5.41) is 9.64. The number of aromatic nitrogens is 2. The molecule has 0 bridgehead atoms. The molecule has 0 unspecified atom stereocenters. The largest absolute Gasteiger partial charge is 0.306 e. The molecule has 0 radical (unpaired) electrons. The molecular weight excluding hydrogens is 182 g/mol. The van der Waals surface area contributed by atoms with Gasteiger partial charge in [0.25, 0.3) is 0 Å². The van der Waals surface area contributed by atoms with Gasteiger partial charge in [-0.25, -0.2) is 4.63 Å². The van der Waals surface area contributed by atoms with E-state index in [0.717, 1.165) is 25.7 Å². The number of nitrogens with one attached hydrogen (secondary N) is 1. The topological polar surface area (TPSA) is 68.0 Å². The first-order chi connectivity index (χ1) is 6.86. The predicted molar refractivity (Wildman–Crippen MR) is 49.5 cm³/mol. The summed E-state index contributed by atoms with van der Waals surface area (Å²) >= 11 is 0. The molecule has 5 heteroatoms. The van der Waals surface area contributed by atoms with Crippen molar-refractivity contribution >= 4 is 11.7 Å². The predicted octanol–water partition coefficient (Wildman–Crippen LogP) is 1.59. The summed E-state index contributed by atoms with van der Waals surface area (Å²) in [6.45, 7) is 0. The average molecular weight is 195 g/mol. The molecule has 1 aliphatic carbocycles. The summed E-state index contributed by atoms with van der Waals surface area (Å²) in [5.41, 5.74) is 0. The third-order valence-electron chi connectivity index (χ3n) is 2.59. The first-order valence-corrected chi connectivity index (χ1v) is 4.94. The molecule has 1 aliphatic rings. The van der Waals surface area contributed by atoms with Crippen LogP contribution in [0, 0.1) is 5.92 Å². The summed E-state index contributed by atoms with van der Waals surface area (Å²) in [6, 6.07) is 0. The van der Waals surface area contributed by atoms with Gasteiger partial charge in [-0.05, 0) is 18.0 Å². The van der Waals surface area contributed by atoms with E-state index in [-0.39, 0.29) is 11.8 Å². The number of anilines is 1. The highest BCUT2D eigenvalue weighted by Gasteiger charge is 2.21. The van der Waals surface area contributed by atoms with Crippen LogP contribution in [0.1, 0.15) is 32.1 Å². The molecule has 1 heterocycles. The monoisotopic (exact) mass is 195 g/mol. The van der Waals surface area contributed by atoms with Crippen molar-refractivity contribution in [3.05, 3.63) is 6.20 Å². The number of nitrogens with zero attached hydrogens (tertiary/aromatic N) is 2. The maximum absolute atomic E-state index is 11.6. The van der Waals surface area contributed by atoms with Crippen LogP contribution >= 0.6 is 0 Å². The Bertz CT molecular complexity index is 291. The van der Waals surface area contributed by atoms with E-state index in [1.807, 2.05) is 0 Å². The zero-order valence-corrected chi connectivity index (χ0v) is 7.90. The van der Waals surface area contributed by atoms with Gasteiger partial charge in [0.05, 0.1) is 0 Å². The van der Waals surface area contributed by atoms with Crippen molar-refractivity contribution in [2.45, 2.75) is 32.1 Å². The second-order valence-corrected chi connectivity index (χ2v) is 3.62. The van der Waals surface area contributed by atoms with Gasteiger partial charge < -0.3 is 5.32 Å². The highest BCUT2D eigenvalue weighted by atomic mass is 16.6. The minimum absolute atomic E-state index is 0.0420. The lowest BCUT2D eigenvalue weighted by molar-refractivity contribution is -0.120. The maximum Gasteiger partial charge on any atom is 0.228 e. The van der Waals surface area contributed by atoms with Gasteiger partial charge in [0, 0.05) is 5.92 Å². The van der Waals surface area contributed by atoms with Crippen LogP contribution in [-0.2, 0) is 4.79 Å². The fourth-order valence-electron chi connectivity index (χ4n) is 1.81. The van der Waals surface area contributed by atoms with Gasteiger partial charge in [-0.1, -0.05) is 24.4 Å². The Morgan fingerprint density at radius 1 is 1.43 bits per heavy atom. The Morgan fingerprint density at radius 3 is 2.86 bits per heavy atom. The molecule has 0 aromatic carbocycles. The fourth-order valence-corrected chi connectivity index (χ4v) is 1.81. The fraction of sp³-hybridized carbons (Fsp3) is 0.667. The zero-order valence-electron chi connectivity index (χ0n) is 7.90. The Morgan fingerprint density at radius 2 is 2.21 bits per heavy atom. The summed E-state index contributed by atoms with van der Waals surface area (Å²) < 4.78 is 4.39. The number of hydrogen-bond acceptors (Lipinski definition) is 4. The lowest BCUT2D eigenvalue weighted by atomic mass is 9.89.